The molecule has 108 valence electrons. The third-order valence-corrected chi connectivity index (χ3v) is 3.99. The molecule has 2 aromatic carbocycles. The summed E-state index contributed by atoms with van der Waals surface area (Å²) in [5.74, 6) is -1.62. The Labute approximate surface area is 122 Å². The van der Waals surface area contributed by atoms with E-state index in [1.807, 2.05) is 18.2 Å². The second-order valence-corrected chi connectivity index (χ2v) is 5.42. The molecule has 4 heteroatoms. The fraction of sp³-hybridized carbons (Fsp3) is 0.235. The van der Waals surface area contributed by atoms with Crippen LogP contribution in [-0.2, 0) is 13.0 Å². The van der Waals surface area contributed by atoms with Crippen molar-refractivity contribution in [1.82, 2.24) is 0 Å². The maximum absolute atomic E-state index is 13.3. The summed E-state index contributed by atoms with van der Waals surface area (Å²) in [6, 6.07) is 12.4. The van der Waals surface area contributed by atoms with E-state index < -0.39 is 11.8 Å². The fourth-order valence-corrected chi connectivity index (χ4v) is 2.94. The van der Waals surface area contributed by atoms with Gasteiger partial charge in [0.1, 0.15) is 5.82 Å². The van der Waals surface area contributed by atoms with E-state index in [4.69, 9.17) is 0 Å². The van der Waals surface area contributed by atoms with E-state index in [0.29, 0.717) is 18.2 Å². The Morgan fingerprint density at radius 2 is 2.10 bits per heavy atom. The first-order chi connectivity index (χ1) is 10.1. The van der Waals surface area contributed by atoms with Crippen LogP contribution in [0.3, 0.4) is 0 Å². The molecule has 1 unspecified atom stereocenters. The predicted octanol–water partition coefficient (Wildman–Crippen LogP) is 3.48. The molecule has 1 heterocycles. The van der Waals surface area contributed by atoms with E-state index in [2.05, 4.69) is 17.9 Å². The zero-order valence-electron chi connectivity index (χ0n) is 11.7. The van der Waals surface area contributed by atoms with Gasteiger partial charge in [-0.05, 0) is 42.7 Å². The summed E-state index contributed by atoms with van der Waals surface area (Å²) >= 11 is 0. The van der Waals surface area contributed by atoms with Crippen molar-refractivity contribution in [3.8, 4) is 0 Å². The molecule has 1 aliphatic heterocycles. The van der Waals surface area contributed by atoms with Crippen LogP contribution in [0.15, 0.2) is 42.5 Å². The van der Waals surface area contributed by atoms with Gasteiger partial charge in [0.05, 0.1) is 5.56 Å². The molecule has 0 saturated carbocycles. The molecule has 0 aliphatic carbocycles. The van der Waals surface area contributed by atoms with Gasteiger partial charge in [0.25, 0.3) is 0 Å². The maximum atomic E-state index is 13.3. The normalized spacial score (nSPS) is 16.9. The zero-order valence-corrected chi connectivity index (χ0v) is 11.7. The highest BCUT2D eigenvalue weighted by molar-refractivity contribution is 5.89. The quantitative estimate of drug-likeness (QED) is 0.938. The van der Waals surface area contributed by atoms with E-state index in [1.165, 1.54) is 11.6 Å². The van der Waals surface area contributed by atoms with Crippen molar-refractivity contribution in [3.63, 3.8) is 0 Å². The van der Waals surface area contributed by atoms with Crippen LogP contribution in [-0.4, -0.2) is 17.1 Å². The van der Waals surface area contributed by atoms with Gasteiger partial charge in [-0.2, -0.15) is 0 Å². The summed E-state index contributed by atoms with van der Waals surface area (Å²) in [5.41, 5.74) is 3.06. The molecule has 0 spiro atoms. The fourth-order valence-electron chi connectivity index (χ4n) is 2.94. The van der Waals surface area contributed by atoms with E-state index in [-0.39, 0.29) is 5.56 Å². The second kappa shape index (κ2) is 5.20. The molecule has 1 N–H and O–H groups in total. The Kier molecular flexibility index (Phi) is 3.37. The molecule has 3 rings (SSSR count). The Hall–Kier alpha value is -2.36. The highest BCUT2D eigenvalue weighted by Gasteiger charge is 2.26. The highest BCUT2D eigenvalue weighted by atomic mass is 19.1. The number of carboxylic acid groups (broad SMARTS) is 1. The summed E-state index contributed by atoms with van der Waals surface area (Å²) in [7, 11) is 0. The van der Waals surface area contributed by atoms with Crippen molar-refractivity contribution < 1.29 is 14.3 Å². The zero-order chi connectivity index (χ0) is 15.0. The third-order valence-electron chi connectivity index (χ3n) is 3.99. The summed E-state index contributed by atoms with van der Waals surface area (Å²) in [6.45, 7) is 2.59. The van der Waals surface area contributed by atoms with Crippen molar-refractivity contribution in [2.24, 2.45) is 0 Å². The monoisotopic (exact) mass is 285 g/mol. The molecule has 0 radical (unpaired) electrons. The number of para-hydroxylation sites is 1. The Morgan fingerprint density at radius 1 is 1.33 bits per heavy atom. The number of rotatable bonds is 3. The van der Waals surface area contributed by atoms with Crippen LogP contribution in [0.25, 0.3) is 0 Å². The number of halogens is 1. The van der Waals surface area contributed by atoms with Gasteiger partial charge >= 0.3 is 5.97 Å². The lowest BCUT2D eigenvalue weighted by Crippen LogP contribution is -2.29. The summed E-state index contributed by atoms with van der Waals surface area (Å²) in [5, 5.41) is 9.24. The second-order valence-electron chi connectivity index (χ2n) is 5.42. The molecule has 1 aliphatic rings. The van der Waals surface area contributed by atoms with Crippen molar-refractivity contribution in [2.45, 2.75) is 25.9 Å². The van der Waals surface area contributed by atoms with Crippen LogP contribution >= 0.6 is 0 Å². The minimum atomic E-state index is -1.09. The summed E-state index contributed by atoms with van der Waals surface area (Å²) in [4.78, 5) is 13.5. The number of aromatic carboxylic acids is 1. The minimum Gasteiger partial charge on any atom is -0.478 e. The van der Waals surface area contributed by atoms with Crippen LogP contribution < -0.4 is 4.90 Å². The molecule has 0 bridgehead atoms. The van der Waals surface area contributed by atoms with Crippen LogP contribution in [0.4, 0.5) is 10.1 Å². The minimum absolute atomic E-state index is 0.0339. The Morgan fingerprint density at radius 3 is 2.86 bits per heavy atom. The largest absolute Gasteiger partial charge is 0.478 e. The van der Waals surface area contributed by atoms with Crippen LogP contribution in [0.1, 0.15) is 28.4 Å². The molecule has 2 aromatic rings. The van der Waals surface area contributed by atoms with E-state index >= 15 is 0 Å². The molecule has 0 saturated heterocycles. The number of anilines is 1. The highest BCUT2D eigenvalue weighted by Crippen LogP contribution is 2.33. The third kappa shape index (κ3) is 2.49. The number of carboxylic acids is 1. The summed E-state index contributed by atoms with van der Waals surface area (Å²) < 4.78 is 13.3. The number of benzene rings is 2. The van der Waals surface area contributed by atoms with E-state index in [1.54, 1.807) is 6.07 Å². The van der Waals surface area contributed by atoms with Gasteiger partial charge in [-0.3, -0.25) is 0 Å². The number of fused-ring (bicyclic) bond motifs is 1. The van der Waals surface area contributed by atoms with Crippen molar-refractivity contribution in [2.75, 3.05) is 4.90 Å². The first kappa shape index (κ1) is 13.6. The first-order valence-electron chi connectivity index (χ1n) is 6.92. The standard InChI is InChI=1S/C17H16FNO2/c1-11-8-12-4-2-3-5-16(12)19(11)10-13-6-7-14(18)9-15(13)17(20)21/h2-7,9,11H,8,10H2,1H3,(H,20,21). The van der Waals surface area contributed by atoms with Crippen LogP contribution in [0, 0.1) is 5.82 Å². The molecule has 0 aromatic heterocycles. The molecule has 0 fully saturated rings. The number of carbonyl (C=O) groups is 1. The van der Waals surface area contributed by atoms with E-state index in [9.17, 15) is 14.3 Å². The van der Waals surface area contributed by atoms with Gasteiger partial charge in [0, 0.05) is 18.3 Å². The maximum Gasteiger partial charge on any atom is 0.336 e. The smallest absolute Gasteiger partial charge is 0.336 e. The topological polar surface area (TPSA) is 40.5 Å². The van der Waals surface area contributed by atoms with Gasteiger partial charge in [0.2, 0.25) is 0 Å². The van der Waals surface area contributed by atoms with Crippen molar-refractivity contribution in [1.29, 1.82) is 0 Å². The lowest BCUT2D eigenvalue weighted by molar-refractivity contribution is 0.0695. The van der Waals surface area contributed by atoms with Gasteiger partial charge in [-0.15, -0.1) is 0 Å². The van der Waals surface area contributed by atoms with Gasteiger partial charge in [-0.25, -0.2) is 9.18 Å². The lowest BCUT2D eigenvalue weighted by Gasteiger charge is -2.25. The molecule has 0 amide bonds. The van der Waals surface area contributed by atoms with Gasteiger partial charge in [-0.1, -0.05) is 24.3 Å². The average molecular weight is 285 g/mol. The molecular formula is C17H16FNO2. The predicted molar refractivity (Wildman–Crippen MR) is 79.2 cm³/mol. The molecule has 21 heavy (non-hydrogen) atoms. The Balaban J connectivity index is 1.96. The number of hydrogen-bond donors (Lipinski definition) is 1. The summed E-state index contributed by atoms with van der Waals surface area (Å²) in [6.07, 6.45) is 0.944. The lowest BCUT2D eigenvalue weighted by atomic mass is 10.1. The first-order valence-corrected chi connectivity index (χ1v) is 6.92. The molecule has 3 nitrogen and oxygen atoms in total. The number of hydrogen-bond acceptors (Lipinski definition) is 2. The molecule has 1 atom stereocenters. The van der Waals surface area contributed by atoms with Gasteiger partial charge < -0.3 is 10.0 Å². The van der Waals surface area contributed by atoms with Crippen molar-refractivity contribution >= 4 is 11.7 Å². The average Bonchev–Trinajstić information content (AvgIpc) is 2.77. The van der Waals surface area contributed by atoms with Crippen molar-refractivity contribution in [3.05, 3.63) is 65.0 Å². The SMILES string of the molecule is CC1Cc2ccccc2N1Cc1ccc(F)cc1C(=O)O. The number of nitrogens with zero attached hydrogens (tertiary/aromatic N) is 1. The van der Waals surface area contributed by atoms with E-state index in [0.717, 1.165) is 18.2 Å². The van der Waals surface area contributed by atoms with Gasteiger partial charge in [0.15, 0.2) is 0 Å². The molecular weight excluding hydrogens is 269 g/mol. The van der Waals surface area contributed by atoms with Crippen LogP contribution in [0.2, 0.25) is 0 Å². The Bertz CT molecular complexity index is 699. The van der Waals surface area contributed by atoms with Crippen LogP contribution in [0.5, 0.6) is 0 Å².